The summed E-state index contributed by atoms with van der Waals surface area (Å²) in [4.78, 5) is 1.22. The van der Waals surface area contributed by atoms with Crippen LogP contribution >= 0.6 is 11.3 Å². The molecule has 0 aliphatic rings. The average Bonchev–Trinajstić information content (AvgIpc) is 2.94. The number of benzene rings is 2. The highest BCUT2D eigenvalue weighted by Crippen LogP contribution is 2.35. The number of hydrogen-bond acceptors (Lipinski definition) is 2. The van der Waals surface area contributed by atoms with E-state index in [9.17, 15) is 0 Å². The van der Waals surface area contributed by atoms with Crippen molar-refractivity contribution in [3.63, 3.8) is 0 Å². The minimum Gasteiger partial charge on any atom is -0.355 e. The van der Waals surface area contributed by atoms with Crippen LogP contribution < -0.4 is 5.32 Å². The molecule has 0 spiro atoms. The predicted octanol–water partition coefficient (Wildman–Crippen LogP) is 7.51. The molecular formula is C22H23NS. The molecule has 24 heavy (non-hydrogen) atoms. The van der Waals surface area contributed by atoms with E-state index < -0.39 is 0 Å². The van der Waals surface area contributed by atoms with Gasteiger partial charge in [0.1, 0.15) is 0 Å². The van der Waals surface area contributed by atoms with Crippen molar-refractivity contribution in [1.82, 2.24) is 0 Å². The van der Waals surface area contributed by atoms with Gasteiger partial charge in [-0.15, -0.1) is 17.9 Å². The summed E-state index contributed by atoms with van der Waals surface area (Å²) in [5.41, 5.74) is 3.47. The van der Waals surface area contributed by atoms with Gasteiger partial charge in [0.2, 0.25) is 0 Å². The van der Waals surface area contributed by atoms with Crippen LogP contribution in [0.5, 0.6) is 0 Å². The van der Waals surface area contributed by atoms with Crippen molar-refractivity contribution in [1.29, 1.82) is 0 Å². The third-order valence-electron chi connectivity index (χ3n) is 3.34. The van der Waals surface area contributed by atoms with Crippen LogP contribution in [0.4, 0.5) is 11.4 Å². The minimum atomic E-state index is 1.10. The molecule has 0 bridgehead atoms. The summed E-state index contributed by atoms with van der Waals surface area (Å²) in [6.45, 7) is 11.2. The van der Waals surface area contributed by atoms with Crippen molar-refractivity contribution in [2.24, 2.45) is 0 Å². The summed E-state index contributed by atoms with van der Waals surface area (Å²) in [5.74, 6) is 0. The Kier molecular flexibility index (Phi) is 6.59. The van der Waals surface area contributed by atoms with Gasteiger partial charge in [-0.3, -0.25) is 0 Å². The molecule has 1 nitrogen and oxygen atoms in total. The van der Waals surface area contributed by atoms with Crippen molar-refractivity contribution in [2.75, 3.05) is 5.32 Å². The quantitative estimate of drug-likeness (QED) is 0.487. The third kappa shape index (κ3) is 4.24. The zero-order chi connectivity index (χ0) is 17.4. The number of allylic oxidation sites excluding steroid dienone is 2. The molecule has 0 fully saturated rings. The zero-order valence-electron chi connectivity index (χ0n) is 14.3. The van der Waals surface area contributed by atoms with Gasteiger partial charge in [-0.25, -0.2) is 0 Å². The van der Waals surface area contributed by atoms with Gasteiger partial charge in [0.15, 0.2) is 0 Å². The molecule has 3 aromatic rings. The molecule has 0 saturated carbocycles. The molecule has 3 rings (SSSR count). The summed E-state index contributed by atoms with van der Waals surface area (Å²) >= 11 is 1.78. The maximum atomic E-state index is 3.92. The molecule has 0 aliphatic carbocycles. The molecule has 1 N–H and O–H groups in total. The topological polar surface area (TPSA) is 12.0 Å². The number of para-hydroxylation sites is 1. The minimum absolute atomic E-state index is 1.10. The Morgan fingerprint density at radius 3 is 2.29 bits per heavy atom. The van der Waals surface area contributed by atoms with Crippen LogP contribution in [0, 0.1) is 0 Å². The summed E-state index contributed by atoms with van der Waals surface area (Å²) in [6.07, 6.45) is 7.91. The van der Waals surface area contributed by atoms with Crippen molar-refractivity contribution in [2.45, 2.75) is 13.8 Å². The van der Waals surface area contributed by atoms with E-state index in [4.69, 9.17) is 0 Å². The number of hydrogen-bond donors (Lipinski definition) is 1. The van der Waals surface area contributed by atoms with Gasteiger partial charge >= 0.3 is 0 Å². The summed E-state index contributed by atoms with van der Waals surface area (Å²) in [5, 5.41) is 4.72. The van der Waals surface area contributed by atoms with E-state index in [0.717, 1.165) is 11.4 Å². The Morgan fingerprint density at radius 1 is 0.958 bits per heavy atom. The first-order chi connectivity index (χ1) is 11.7. The molecule has 0 aliphatic heterocycles. The largest absolute Gasteiger partial charge is 0.355 e. The first-order valence-electron chi connectivity index (χ1n) is 7.94. The highest BCUT2D eigenvalue weighted by Gasteiger charge is 2.08. The smallest absolute Gasteiger partial charge is 0.0398 e. The van der Waals surface area contributed by atoms with Crippen molar-refractivity contribution in [3.05, 3.63) is 84.3 Å². The summed E-state index contributed by atoms with van der Waals surface area (Å²) in [6, 6.07) is 16.7. The molecule has 0 atom stereocenters. The van der Waals surface area contributed by atoms with E-state index in [0.29, 0.717) is 0 Å². The standard InChI is InChI=1S/C19H17NS.C3H6/c1-3-8-16-17-12-11-15(13-19(17)21-18(16)4-2)20-14-9-6-5-7-10-14;1-3-2/h3-13,20H,2H2,1H3;3H,1H2,2H3/b8-3-;. The monoisotopic (exact) mass is 333 g/mol. The fraction of sp³-hybridized carbons (Fsp3) is 0.0909. The fourth-order valence-electron chi connectivity index (χ4n) is 2.39. The highest BCUT2D eigenvalue weighted by molar-refractivity contribution is 7.20. The van der Waals surface area contributed by atoms with Gasteiger partial charge in [-0.1, -0.05) is 55.1 Å². The molecule has 1 aromatic heterocycles. The second-order valence-electron chi connectivity index (χ2n) is 5.19. The molecular weight excluding hydrogens is 310 g/mol. The summed E-state index contributed by atoms with van der Waals surface area (Å²) < 4.78 is 1.28. The fourth-order valence-corrected chi connectivity index (χ4v) is 3.47. The number of fused-ring (bicyclic) bond motifs is 1. The molecule has 122 valence electrons. The molecule has 1 heterocycles. The Labute approximate surface area is 148 Å². The van der Waals surface area contributed by atoms with Crippen LogP contribution in [-0.2, 0) is 0 Å². The lowest BCUT2D eigenvalue weighted by molar-refractivity contribution is 1.57. The Balaban J connectivity index is 0.000000647. The zero-order valence-corrected chi connectivity index (χ0v) is 15.1. The molecule has 2 heteroatoms. The molecule has 0 unspecified atom stereocenters. The number of rotatable bonds is 4. The van der Waals surface area contributed by atoms with Gasteiger partial charge in [0.25, 0.3) is 0 Å². The SMILES string of the molecule is C=CC.C=Cc1sc2cc(Nc3ccccc3)ccc2c1/C=C\C. The van der Waals surface area contributed by atoms with Crippen LogP contribution in [0.3, 0.4) is 0 Å². The van der Waals surface area contributed by atoms with E-state index in [-0.39, 0.29) is 0 Å². The lowest BCUT2D eigenvalue weighted by Crippen LogP contribution is -1.88. The van der Waals surface area contributed by atoms with Crippen LogP contribution in [0.1, 0.15) is 24.3 Å². The molecule has 0 radical (unpaired) electrons. The van der Waals surface area contributed by atoms with Crippen molar-refractivity contribution in [3.8, 4) is 0 Å². The number of nitrogens with one attached hydrogen (secondary N) is 1. The van der Waals surface area contributed by atoms with Crippen LogP contribution in [0.15, 0.2) is 73.8 Å². The van der Waals surface area contributed by atoms with E-state index in [2.05, 4.69) is 61.0 Å². The first kappa shape index (κ1) is 17.8. The molecule has 2 aromatic carbocycles. The maximum Gasteiger partial charge on any atom is 0.0398 e. The second-order valence-corrected chi connectivity index (χ2v) is 6.28. The maximum absolute atomic E-state index is 3.92. The van der Waals surface area contributed by atoms with Crippen LogP contribution in [0.2, 0.25) is 0 Å². The van der Waals surface area contributed by atoms with Crippen molar-refractivity contribution < 1.29 is 0 Å². The van der Waals surface area contributed by atoms with E-state index >= 15 is 0 Å². The molecule has 0 saturated heterocycles. The highest BCUT2D eigenvalue weighted by atomic mass is 32.1. The lowest BCUT2D eigenvalue weighted by atomic mass is 10.1. The van der Waals surface area contributed by atoms with Crippen LogP contribution in [0.25, 0.3) is 22.2 Å². The predicted molar refractivity (Wildman–Crippen MR) is 112 cm³/mol. The second kappa shape index (κ2) is 8.90. The van der Waals surface area contributed by atoms with E-state index in [1.165, 1.54) is 20.5 Å². The van der Waals surface area contributed by atoms with Gasteiger partial charge in [-0.05, 0) is 43.7 Å². The van der Waals surface area contributed by atoms with Gasteiger partial charge in [-0.2, -0.15) is 0 Å². The normalized spacial score (nSPS) is 10.2. The Bertz CT molecular complexity index is 841. The van der Waals surface area contributed by atoms with Crippen molar-refractivity contribution >= 4 is 44.9 Å². The average molecular weight is 334 g/mol. The molecule has 0 amide bonds. The Hall–Kier alpha value is -2.58. The lowest BCUT2D eigenvalue weighted by Gasteiger charge is -2.06. The van der Waals surface area contributed by atoms with Gasteiger partial charge in [0, 0.05) is 26.3 Å². The van der Waals surface area contributed by atoms with Gasteiger partial charge < -0.3 is 5.32 Å². The van der Waals surface area contributed by atoms with Crippen LogP contribution in [-0.4, -0.2) is 0 Å². The van der Waals surface area contributed by atoms with E-state index in [1.807, 2.05) is 38.1 Å². The van der Waals surface area contributed by atoms with Gasteiger partial charge in [0.05, 0.1) is 0 Å². The Morgan fingerprint density at radius 2 is 1.67 bits per heavy atom. The summed E-state index contributed by atoms with van der Waals surface area (Å²) in [7, 11) is 0. The number of anilines is 2. The third-order valence-corrected chi connectivity index (χ3v) is 4.50. The number of thiophene rings is 1. The first-order valence-corrected chi connectivity index (χ1v) is 8.76. The van der Waals surface area contributed by atoms with E-state index in [1.54, 1.807) is 17.4 Å².